The first-order valence-electron chi connectivity index (χ1n) is 5.62. The van der Waals surface area contributed by atoms with Crippen LogP contribution in [0, 0.1) is 5.41 Å². The summed E-state index contributed by atoms with van der Waals surface area (Å²) in [6.07, 6.45) is -3.62. The van der Waals surface area contributed by atoms with Crippen molar-refractivity contribution in [2.24, 2.45) is 16.9 Å². The summed E-state index contributed by atoms with van der Waals surface area (Å²) in [6, 6.07) is 0. The summed E-state index contributed by atoms with van der Waals surface area (Å²) >= 11 is 0. The third-order valence-corrected chi connectivity index (χ3v) is 2.79. The predicted octanol–water partition coefficient (Wildman–Crippen LogP) is -0.999. The zero-order valence-electron chi connectivity index (χ0n) is 10.9. The number of carboxylic acid groups (broad SMARTS) is 4. The van der Waals surface area contributed by atoms with E-state index in [0.717, 1.165) is 0 Å². The molecule has 0 bridgehead atoms. The highest BCUT2D eigenvalue weighted by molar-refractivity contribution is 5.79. The lowest BCUT2D eigenvalue weighted by Gasteiger charge is -2.32. The van der Waals surface area contributed by atoms with E-state index in [1.807, 2.05) is 0 Å². The smallest absolute Gasteiger partial charge is 0.307 e. The standard InChI is InChI=1S/C11H16N2O8/c12-10(13)5(1-6(14)15)11(2-7(16)17,3-8(18)19)4-9(20)21/h1-4,12-13H2,(H,14,15)(H,16,17)(H,18,19)(H,20,21). The van der Waals surface area contributed by atoms with Gasteiger partial charge in [-0.2, -0.15) is 0 Å². The fraction of sp³-hybridized carbons (Fsp3) is 0.455. The summed E-state index contributed by atoms with van der Waals surface area (Å²) < 4.78 is 0. The molecule has 0 aliphatic heterocycles. The van der Waals surface area contributed by atoms with Crippen molar-refractivity contribution in [1.29, 1.82) is 0 Å². The molecule has 0 fully saturated rings. The molecule has 0 aromatic heterocycles. The molecule has 10 heteroatoms. The van der Waals surface area contributed by atoms with E-state index in [9.17, 15) is 19.2 Å². The number of nitrogens with two attached hydrogens (primary N) is 2. The lowest BCUT2D eigenvalue weighted by Crippen LogP contribution is -2.36. The molecule has 118 valence electrons. The molecule has 0 heterocycles. The van der Waals surface area contributed by atoms with Crippen molar-refractivity contribution in [3.05, 3.63) is 11.4 Å². The van der Waals surface area contributed by atoms with Gasteiger partial charge >= 0.3 is 23.9 Å². The largest absolute Gasteiger partial charge is 0.481 e. The summed E-state index contributed by atoms with van der Waals surface area (Å²) in [4.78, 5) is 43.7. The molecule has 0 spiro atoms. The van der Waals surface area contributed by atoms with Crippen molar-refractivity contribution in [2.45, 2.75) is 25.7 Å². The normalized spacial score (nSPS) is 10.7. The Morgan fingerprint density at radius 2 is 1.05 bits per heavy atom. The first-order valence-corrected chi connectivity index (χ1v) is 5.62. The van der Waals surface area contributed by atoms with Crippen LogP contribution in [0.4, 0.5) is 0 Å². The van der Waals surface area contributed by atoms with Gasteiger partial charge in [-0.25, -0.2) is 0 Å². The van der Waals surface area contributed by atoms with Gasteiger partial charge in [-0.15, -0.1) is 0 Å². The molecule has 8 N–H and O–H groups in total. The minimum Gasteiger partial charge on any atom is -0.481 e. The molecule has 0 aromatic carbocycles. The van der Waals surface area contributed by atoms with Gasteiger partial charge in [0.1, 0.15) is 0 Å². The van der Waals surface area contributed by atoms with Gasteiger partial charge < -0.3 is 31.9 Å². The number of rotatable bonds is 9. The van der Waals surface area contributed by atoms with E-state index in [4.69, 9.17) is 31.9 Å². The second kappa shape index (κ2) is 7.12. The van der Waals surface area contributed by atoms with Crippen LogP contribution in [-0.2, 0) is 19.2 Å². The third kappa shape index (κ3) is 5.80. The molecule has 21 heavy (non-hydrogen) atoms. The van der Waals surface area contributed by atoms with Crippen LogP contribution in [0.1, 0.15) is 25.7 Å². The van der Waals surface area contributed by atoms with Gasteiger partial charge in [0.05, 0.1) is 31.5 Å². The van der Waals surface area contributed by atoms with Crippen molar-refractivity contribution in [2.75, 3.05) is 0 Å². The van der Waals surface area contributed by atoms with E-state index >= 15 is 0 Å². The van der Waals surface area contributed by atoms with E-state index in [-0.39, 0.29) is 0 Å². The highest BCUT2D eigenvalue weighted by atomic mass is 16.4. The van der Waals surface area contributed by atoms with Crippen molar-refractivity contribution >= 4 is 23.9 Å². The fourth-order valence-electron chi connectivity index (χ4n) is 2.12. The average molecular weight is 304 g/mol. The number of hydrogen-bond donors (Lipinski definition) is 6. The van der Waals surface area contributed by atoms with Gasteiger partial charge in [-0.05, 0) is 5.57 Å². The van der Waals surface area contributed by atoms with Crippen LogP contribution in [0.15, 0.2) is 11.4 Å². The van der Waals surface area contributed by atoms with Gasteiger partial charge in [-0.1, -0.05) is 0 Å². The maximum atomic E-state index is 11.0. The summed E-state index contributed by atoms with van der Waals surface area (Å²) in [6.45, 7) is 0. The molecule has 0 saturated heterocycles. The van der Waals surface area contributed by atoms with Crippen LogP contribution in [0.3, 0.4) is 0 Å². The lowest BCUT2D eigenvalue weighted by molar-refractivity contribution is -0.147. The van der Waals surface area contributed by atoms with Gasteiger partial charge in [0.15, 0.2) is 0 Å². The Balaban J connectivity index is 6.06. The van der Waals surface area contributed by atoms with Crippen molar-refractivity contribution in [3.8, 4) is 0 Å². The van der Waals surface area contributed by atoms with Crippen LogP contribution in [-0.4, -0.2) is 44.3 Å². The van der Waals surface area contributed by atoms with Gasteiger partial charge in [0, 0.05) is 5.41 Å². The first-order chi connectivity index (χ1) is 9.50. The minimum atomic E-state index is -2.01. The second-order valence-electron chi connectivity index (χ2n) is 4.50. The third-order valence-electron chi connectivity index (χ3n) is 2.79. The Bertz CT molecular complexity index is 452. The number of hydrogen-bond acceptors (Lipinski definition) is 6. The van der Waals surface area contributed by atoms with Crippen LogP contribution in [0.25, 0.3) is 0 Å². The molecule has 10 nitrogen and oxygen atoms in total. The highest BCUT2D eigenvalue weighted by Gasteiger charge is 2.43. The monoisotopic (exact) mass is 304 g/mol. The molecule has 0 aliphatic rings. The molecular formula is C11H16N2O8. The van der Waals surface area contributed by atoms with Crippen molar-refractivity contribution in [3.63, 3.8) is 0 Å². The quantitative estimate of drug-likeness (QED) is 0.306. The summed E-state index contributed by atoms with van der Waals surface area (Å²) in [5, 5.41) is 35.5. The Labute approximate surface area is 118 Å². The molecule has 0 aromatic rings. The molecule has 0 atom stereocenters. The Kier molecular flexibility index (Phi) is 6.18. The highest BCUT2D eigenvalue weighted by Crippen LogP contribution is 2.41. The van der Waals surface area contributed by atoms with Crippen LogP contribution in [0.2, 0.25) is 0 Å². The fourth-order valence-corrected chi connectivity index (χ4v) is 2.12. The maximum absolute atomic E-state index is 11.0. The number of carboxylic acids is 4. The van der Waals surface area contributed by atoms with Crippen LogP contribution >= 0.6 is 0 Å². The molecule has 0 saturated carbocycles. The zero-order valence-corrected chi connectivity index (χ0v) is 10.9. The van der Waals surface area contributed by atoms with E-state index < -0.39 is 66.4 Å². The van der Waals surface area contributed by atoms with E-state index in [1.54, 1.807) is 0 Å². The van der Waals surface area contributed by atoms with Crippen LogP contribution in [0.5, 0.6) is 0 Å². The Morgan fingerprint density at radius 1 is 0.714 bits per heavy atom. The van der Waals surface area contributed by atoms with E-state index in [0.29, 0.717) is 0 Å². The molecule has 0 radical (unpaired) electrons. The van der Waals surface area contributed by atoms with Crippen molar-refractivity contribution < 1.29 is 39.6 Å². The molecular weight excluding hydrogens is 288 g/mol. The van der Waals surface area contributed by atoms with Crippen molar-refractivity contribution in [1.82, 2.24) is 0 Å². The topological polar surface area (TPSA) is 201 Å². The molecule has 0 amide bonds. The minimum absolute atomic E-state index is 0.415. The maximum Gasteiger partial charge on any atom is 0.307 e. The molecule has 0 rings (SSSR count). The van der Waals surface area contributed by atoms with Gasteiger partial charge in [-0.3, -0.25) is 19.2 Å². The van der Waals surface area contributed by atoms with Crippen LogP contribution < -0.4 is 11.5 Å². The zero-order chi connectivity index (χ0) is 16.8. The van der Waals surface area contributed by atoms with Gasteiger partial charge in [0.2, 0.25) is 0 Å². The molecule has 0 unspecified atom stereocenters. The summed E-state index contributed by atoms with van der Waals surface area (Å²) in [5.41, 5.74) is 8.20. The Morgan fingerprint density at radius 3 is 1.24 bits per heavy atom. The first kappa shape index (κ1) is 18.2. The lowest BCUT2D eigenvalue weighted by atomic mass is 9.70. The summed E-state index contributed by atoms with van der Waals surface area (Å²) in [7, 11) is 0. The number of aliphatic carboxylic acids is 4. The van der Waals surface area contributed by atoms with E-state index in [1.165, 1.54) is 0 Å². The molecule has 0 aliphatic carbocycles. The van der Waals surface area contributed by atoms with Gasteiger partial charge in [0.25, 0.3) is 0 Å². The van der Waals surface area contributed by atoms with E-state index in [2.05, 4.69) is 0 Å². The predicted molar refractivity (Wildman–Crippen MR) is 66.8 cm³/mol. The second-order valence-corrected chi connectivity index (χ2v) is 4.50. The average Bonchev–Trinajstić information content (AvgIpc) is 2.21. The number of carbonyl (C=O) groups is 4. The Hall–Kier alpha value is -2.78. The SMILES string of the molecule is NC(N)=C(CC(=O)O)C(CC(=O)O)(CC(=O)O)CC(=O)O. The summed E-state index contributed by atoms with van der Waals surface area (Å²) in [5.74, 6) is -6.53.